The van der Waals surface area contributed by atoms with Crippen molar-refractivity contribution in [2.24, 2.45) is 0 Å². The Balaban J connectivity index is 2.41. The molecular weight excluding hydrogens is 291 g/mol. The molecule has 2 atom stereocenters. The predicted molar refractivity (Wildman–Crippen MR) is 66.1 cm³/mol. The van der Waals surface area contributed by atoms with Crippen LogP contribution in [0.2, 0.25) is 0 Å². The molecule has 1 heterocycles. The summed E-state index contributed by atoms with van der Waals surface area (Å²) in [5.74, 6) is -1.47. The average Bonchev–Trinajstić information content (AvgIpc) is 2.74. The summed E-state index contributed by atoms with van der Waals surface area (Å²) in [6.07, 6.45) is -5.78. The molecule has 2 N–H and O–H groups in total. The van der Waals surface area contributed by atoms with Crippen LogP contribution in [0.4, 0.5) is 13.2 Å². The second-order valence-corrected chi connectivity index (χ2v) is 4.71. The molecule has 0 bridgehead atoms. The Morgan fingerprint density at radius 1 is 1.33 bits per heavy atom. The molecule has 0 saturated carbocycles. The van der Waals surface area contributed by atoms with E-state index in [0.29, 0.717) is 5.75 Å². The highest BCUT2D eigenvalue weighted by atomic mass is 19.4. The van der Waals surface area contributed by atoms with Crippen LogP contribution in [0.15, 0.2) is 18.2 Å². The lowest BCUT2D eigenvalue weighted by molar-refractivity contribution is -0.266. The maximum Gasteiger partial charge on any atom is 0.436 e. The lowest BCUT2D eigenvalue weighted by Gasteiger charge is -2.25. The lowest BCUT2D eigenvalue weighted by atomic mass is 9.93. The number of amides is 1. The minimum Gasteiger partial charge on any atom is -0.497 e. The number of rotatable bonds is 3. The van der Waals surface area contributed by atoms with Crippen molar-refractivity contribution in [3.8, 4) is 11.5 Å². The van der Waals surface area contributed by atoms with Crippen LogP contribution in [0.25, 0.3) is 0 Å². The molecule has 1 aromatic rings. The summed E-state index contributed by atoms with van der Waals surface area (Å²) in [6, 6.07) is 4.47. The van der Waals surface area contributed by atoms with Gasteiger partial charge in [0.2, 0.25) is 11.6 Å². The van der Waals surface area contributed by atoms with Crippen molar-refractivity contribution >= 4 is 5.91 Å². The number of benzene rings is 1. The molecule has 0 aliphatic carbocycles. The molecule has 5 nitrogen and oxygen atoms in total. The Morgan fingerprint density at radius 3 is 2.48 bits per heavy atom. The minimum atomic E-state index is -4.95. The molecule has 1 aliphatic rings. The van der Waals surface area contributed by atoms with Gasteiger partial charge in [-0.05, 0) is 18.2 Å². The number of halogens is 3. The van der Waals surface area contributed by atoms with Gasteiger partial charge in [-0.3, -0.25) is 4.79 Å². The van der Waals surface area contributed by atoms with Gasteiger partial charge in [0.15, 0.2) is 0 Å². The Kier molecular flexibility index (Phi) is 3.75. The number of carbonyl (C=O) groups is 1. The van der Waals surface area contributed by atoms with Crippen molar-refractivity contribution in [2.75, 3.05) is 14.2 Å². The molecular formula is C13H14F3NO4. The van der Waals surface area contributed by atoms with E-state index in [-0.39, 0.29) is 11.3 Å². The summed E-state index contributed by atoms with van der Waals surface area (Å²) in [4.78, 5) is 11.8. The SMILES string of the molecule is COc1ccc(OC)c(C2CC(O)(C(F)(F)F)NC2=O)c1. The summed E-state index contributed by atoms with van der Waals surface area (Å²) in [5.41, 5.74) is -3.00. The topological polar surface area (TPSA) is 67.8 Å². The van der Waals surface area contributed by atoms with Gasteiger partial charge in [0.25, 0.3) is 0 Å². The largest absolute Gasteiger partial charge is 0.497 e. The second-order valence-electron chi connectivity index (χ2n) is 4.71. The van der Waals surface area contributed by atoms with Crippen LogP contribution in [-0.2, 0) is 4.79 Å². The highest BCUT2D eigenvalue weighted by Gasteiger charge is 2.61. The molecule has 1 fully saturated rings. The zero-order chi connectivity index (χ0) is 15.8. The zero-order valence-corrected chi connectivity index (χ0v) is 11.3. The van der Waals surface area contributed by atoms with Gasteiger partial charge in [-0.1, -0.05) is 0 Å². The van der Waals surface area contributed by atoms with Crippen molar-refractivity contribution in [2.45, 2.75) is 24.2 Å². The first kappa shape index (κ1) is 15.4. The summed E-state index contributed by atoms with van der Waals surface area (Å²) in [6.45, 7) is 0. The molecule has 8 heteroatoms. The fourth-order valence-corrected chi connectivity index (χ4v) is 2.28. The number of hydrogen-bond donors (Lipinski definition) is 2. The Hall–Kier alpha value is -1.96. The van der Waals surface area contributed by atoms with Gasteiger partial charge in [-0.25, -0.2) is 0 Å². The van der Waals surface area contributed by atoms with Crippen LogP contribution >= 0.6 is 0 Å². The molecule has 1 aliphatic heterocycles. The highest BCUT2D eigenvalue weighted by molar-refractivity contribution is 5.87. The van der Waals surface area contributed by atoms with Crippen LogP contribution in [0, 0.1) is 0 Å². The summed E-state index contributed by atoms with van der Waals surface area (Å²) >= 11 is 0. The fraction of sp³-hybridized carbons (Fsp3) is 0.462. The molecule has 0 aromatic heterocycles. The van der Waals surface area contributed by atoms with Crippen LogP contribution in [0.3, 0.4) is 0 Å². The third kappa shape index (κ3) is 2.63. The first-order valence-corrected chi connectivity index (χ1v) is 6.05. The first-order chi connectivity index (χ1) is 9.71. The highest BCUT2D eigenvalue weighted by Crippen LogP contribution is 2.44. The molecule has 0 spiro atoms. The van der Waals surface area contributed by atoms with Gasteiger partial charge in [0.05, 0.1) is 20.1 Å². The van der Waals surface area contributed by atoms with Gasteiger partial charge >= 0.3 is 6.18 Å². The number of methoxy groups -OCH3 is 2. The van der Waals surface area contributed by atoms with E-state index in [1.807, 2.05) is 0 Å². The normalized spacial score (nSPS) is 25.6. The molecule has 0 radical (unpaired) electrons. The van der Waals surface area contributed by atoms with Crippen LogP contribution in [0.5, 0.6) is 11.5 Å². The van der Waals surface area contributed by atoms with Gasteiger partial charge in [-0.2, -0.15) is 13.2 Å². The van der Waals surface area contributed by atoms with Crippen molar-refractivity contribution < 1.29 is 32.5 Å². The second kappa shape index (κ2) is 5.10. The molecule has 21 heavy (non-hydrogen) atoms. The van der Waals surface area contributed by atoms with Crippen LogP contribution in [0.1, 0.15) is 17.9 Å². The Bertz CT molecular complexity index is 561. The summed E-state index contributed by atoms with van der Waals surface area (Å²) in [7, 11) is 2.74. The molecule has 1 amide bonds. The van der Waals surface area contributed by atoms with Gasteiger partial charge in [0.1, 0.15) is 11.5 Å². The number of nitrogens with one attached hydrogen (secondary N) is 1. The van der Waals surface area contributed by atoms with Gasteiger partial charge in [0, 0.05) is 12.0 Å². The molecule has 2 unspecified atom stereocenters. The van der Waals surface area contributed by atoms with E-state index in [0.717, 1.165) is 0 Å². The average molecular weight is 305 g/mol. The maximum atomic E-state index is 12.8. The summed E-state index contributed by atoms with van der Waals surface area (Å²) in [5, 5.41) is 11.2. The Morgan fingerprint density at radius 2 is 2.00 bits per heavy atom. The van der Waals surface area contributed by atoms with Crippen LogP contribution in [-0.4, -0.2) is 37.1 Å². The monoisotopic (exact) mass is 305 g/mol. The van der Waals surface area contributed by atoms with E-state index in [4.69, 9.17) is 9.47 Å². The van der Waals surface area contributed by atoms with Crippen molar-refractivity contribution in [3.63, 3.8) is 0 Å². The number of hydrogen-bond acceptors (Lipinski definition) is 4. The van der Waals surface area contributed by atoms with E-state index in [1.165, 1.54) is 26.4 Å². The van der Waals surface area contributed by atoms with E-state index < -0.39 is 30.1 Å². The third-order valence-electron chi connectivity index (χ3n) is 3.43. The van der Waals surface area contributed by atoms with Crippen molar-refractivity contribution in [3.05, 3.63) is 23.8 Å². The summed E-state index contributed by atoms with van der Waals surface area (Å²) < 4.78 is 48.5. The van der Waals surface area contributed by atoms with Crippen LogP contribution < -0.4 is 14.8 Å². The van der Waals surface area contributed by atoms with Gasteiger partial charge in [-0.15, -0.1) is 0 Å². The van der Waals surface area contributed by atoms with Crippen molar-refractivity contribution in [1.82, 2.24) is 5.32 Å². The predicted octanol–water partition coefficient (Wildman–Crippen LogP) is 1.56. The molecule has 2 rings (SSSR count). The number of alkyl halides is 3. The quantitative estimate of drug-likeness (QED) is 0.889. The van der Waals surface area contributed by atoms with Crippen molar-refractivity contribution in [1.29, 1.82) is 0 Å². The Labute approximate surface area is 118 Å². The first-order valence-electron chi connectivity index (χ1n) is 6.05. The fourth-order valence-electron chi connectivity index (χ4n) is 2.28. The van der Waals surface area contributed by atoms with E-state index in [2.05, 4.69) is 0 Å². The minimum absolute atomic E-state index is 0.231. The molecule has 116 valence electrons. The van der Waals surface area contributed by atoms with E-state index >= 15 is 0 Å². The van der Waals surface area contributed by atoms with E-state index in [9.17, 15) is 23.1 Å². The standard InChI is InChI=1S/C13H14F3NO4/c1-20-7-3-4-10(21-2)8(5-7)9-6-12(19,13(14,15)16)17-11(9)18/h3-5,9,19H,6H2,1-2H3,(H,17,18). The smallest absolute Gasteiger partial charge is 0.436 e. The number of ether oxygens (including phenoxy) is 2. The van der Waals surface area contributed by atoms with E-state index in [1.54, 1.807) is 11.4 Å². The van der Waals surface area contributed by atoms with Gasteiger partial charge < -0.3 is 19.9 Å². The number of carbonyl (C=O) groups excluding carboxylic acids is 1. The molecule has 1 aromatic carbocycles. The third-order valence-corrected chi connectivity index (χ3v) is 3.43. The zero-order valence-electron chi connectivity index (χ0n) is 11.3. The number of aliphatic hydroxyl groups is 1. The maximum absolute atomic E-state index is 12.8. The molecule has 1 saturated heterocycles. The lowest BCUT2D eigenvalue weighted by Crippen LogP contribution is -2.53.